The summed E-state index contributed by atoms with van der Waals surface area (Å²) in [6, 6.07) is 10.2. The number of carboxylic acids is 1. The average molecular weight is 292 g/mol. The van der Waals surface area contributed by atoms with E-state index in [1.807, 2.05) is 0 Å². The number of rotatable bonds is 5. The lowest BCUT2D eigenvalue weighted by atomic mass is 10.0. The summed E-state index contributed by atoms with van der Waals surface area (Å²) < 4.78 is 31.9. The van der Waals surface area contributed by atoms with Crippen LogP contribution in [0.3, 0.4) is 0 Å². The van der Waals surface area contributed by atoms with E-state index in [0.29, 0.717) is 11.1 Å². The van der Waals surface area contributed by atoms with Crippen LogP contribution < -0.4 is 4.74 Å². The van der Waals surface area contributed by atoms with Crippen LogP contribution in [0.25, 0.3) is 0 Å². The largest absolute Gasteiger partial charge is 0.483 e. The van der Waals surface area contributed by atoms with Gasteiger partial charge in [-0.1, -0.05) is 30.3 Å². The first kappa shape index (κ1) is 15.0. The first-order chi connectivity index (χ1) is 9.99. The fourth-order valence-electron chi connectivity index (χ4n) is 1.82. The molecule has 0 spiro atoms. The fraction of sp³-hybridized carbons (Fsp3) is 0.188. The molecule has 0 amide bonds. The number of carbonyl (C=O) groups is 1. The van der Waals surface area contributed by atoms with Crippen molar-refractivity contribution in [3.63, 3.8) is 0 Å². The van der Waals surface area contributed by atoms with Crippen molar-refractivity contribution < 1.29 is 23.4 Å². The second-order valence-electron chi connectivity index (χ2n) is 4.64. The van der Waals surface area contributed by atoms with Crippen molar-refractivity contribution in [3.05, 3.63) is 65.2 Å². The highest BCUT2D eigenvalue weighted by Crippen LogP contribution is 2.22. The molecule has 1 unspecified atom stereocenters. The van der Waals surface area contributed by atoms with Crippen LogP contribution >= 0.6 is 0 Å². The summed E-state index contributed by atoms with van der Waals surface area (Å²) in [6.45, 7) is 1.59. The standard InChI is InChI=1S/C16H14F2O3/c1-10(16(19)20)12-7-5-11(6-8-12)9-21-15-13(17)3-2-4-14(15)18/h2-8,10H,9H2,1H3,(H,19,20). The van der Waals surface area contributed by atoms with Gasteiger partial charge in [0.1, 0.15) is 6.61 Å². The van der Waals surface area contributed by atoms with Crippen LogP contribution in [0, 0.1) is 11.6 Å². The molecule has 2 aromatic carbocycles. The van der Waals surface area contributed by atoms with E-state index in [9.17, 15) is 13.6 Å². The molecule has 0 fully saturated rings. The topological polar surface area (TPSA) is 46.5 Å². The third-order valence-corrected chi connectivity index (χ3v) is 3.15. The van der Waals surface area contributed by atoms with E-state index in [-0.39, 0.29) is 6.61 Å². The van der Waals surface area contributed by atoms with Crippen LogP contribution in [-0.4, -0.2) is 11.1 Å². The molecule has 0 aliphatic carbocycles. The Bertz CT molecular complexity index is 618. The van der Waals surface area contributed by atoms with Gasteiger partial charge in [-0.2, -0.15) is 0 Å². The van der Waals surface area contributed by atoms with Gasteiger partial charge in [-0.15, -0.1) is 0 Å². The van der Waals surface area contributed by atoms with Gasteiger partial charge in [-0.3, -0.25) is 4.79 Å². The average Bonchev–Trinajstić information content (AvgIpc) is 2.46. The van der Waals surface area contributed by atoms with Crippen molar-refractivity contribution in [2.75, 3.05) is 0 Å². The number of carboxylic acid groups (broad SMARTS) is 1. The zero-order valence-electron chi connectivity index (χ0n) is 11.3. The molecule has 0 radical (unpaired) electrons. The lowest BCUT2D eigenvalue weighted by Crippen LogP contribution is -2.07. The summed E-state index contributed by atoms with van der Waals surface area (Å²) in [5, 5.41) is 8.91. The molecule has 1 atom stereocenters. The second-order valence-corrected chi connectivity index (χ2v) is 4.64. The Morgan fingerprint density at radius 1 is 1.14 bits per heavy atom. The van der Waals surface area contributed by atoms with Gasteiger partial charge in [0.15, 0.2) is 17.4 Å². The Morgan fingerprint density at radius 2 is 1.71 bits per heavy atom. The van der Waals surface area contributed by atoms with Crippen molar-refractivity contribution in [3.8, 4) is 5.75 Å². The molecule has 21 heavy (non-hydrogen) atoms. The Hall–Kier alpha value is -2.43. The number of hydrogen-bond acceptors (Lipinski definition) is 2. The minimum Gasteiger partial charge on any atom is -0.483 e. The van der Waals surface area contributed by atoms with Crippen molar-refractivity contribution in [1.82, 2.24) is 0 Å². The van der Waals surface area contributed by atoms with E-state index < -0.39 is 29.3 Å². The number of halogens is 2. The summed E-state index contributed by atoms with van der Waals surface area (Å²) in [7, 11) is 0. The summed E-state index contributed by atoms with van der Waals surface area (Å²) in [4.78, 5) is 10.9. The highest BCUT2D eigenvalue weighted by molar-refractivity contribution is 5.75. The Morgan fingerprint density at radius 3 is 2.24 bits per heavy atom. The molecule has 3 nitrogen and oxygen atoms in total. The molecule has 2 aromatic rings. The van der Waals surface area contributed by atoms with Crippen LogP contribution in [0.1, 0.15) is 24.0 Å². The van der Waals surface area contributed by atoms with Crippen LogP contribution in [-0.2, 0) is 11.4 Å². The number of ether oxygens (including phenoxy) is 1. The molecule has 0 saturated carbocycles. The van der Waals surface area contributed by atoms with Gasteiger partial charge in [-0.25, -0.2) is 8.78 Å². The highest BCUT2D eigenvalue weighted by Gasteiger charge is 2.13. The fourth-order valence-corrected chi connectivity index (χ4v) is 1.82. The van der Waals surface area contributed by atoms with Gasteiger partial charge < -0.3 is 9.84 Å². The summed E-state index contributed by atoms with van der Waals surface area (Å²) in [6.07, 6.45) is 0. The monoisotopic (exact) mass is 292 g/mol. The SMILES string of the molecule is CC(C(=O)O)c1ccc(COc2c(F)cccc2F)cc1. The molecule has 2 rings (SSSR count). The zero-order chi connectivity index (χ0) is 15.4. The Labute approximate surface area is 120 Å². The van der Waals surface area contributed by atoms with E-state index >= 15 is 0 Å². The van der Waals surface area contributed by atoms with Gasteiger partial charge in [0.05, 0.1) is 5.92 Å². The van der Waals surface area contributed by atoms with Gasteiger partial charge in [0, 0.05) is 0 Å². The molecule has 0 aliphatic rings. The van der Waals surface area contributed by atoms with Gasteiger partial charge in [-0.05, 0) is 30.2 Å². The molecule has 110 valence electrons. The maximum Gasteiger partial charge on any atom is 0.310 e. The Kier molecular flexibility index (Phi) is 4.52. The van der Waals surface area contributed by atoms with Crippen LogP contribution in [0.2, 0.25) is 0 Å². The lowest BCUT2D eigenvalue weighted by molar-refractivity contribution is -0.138. The van der Waals surface area contributed by atoms with Crippen molar-refractivity contribution in [2.24, 2.45) is 0 Å². The molecule has 0 heterocycles. The smallest absolute Gasteiger partial charge is 0.310 e. The number of benzene rings is 2. The van der Waals surface area contributed by atoms with Gasteiger partial charge >= 0.3 is 5.97 Å². The summed E-state index contributed by atoms with van der Waals surface area (Å²) in [5.74, 6) is -3.45. The number of para-hydroxylation sites is 1. The molecule has 1 N–H and O–H groups in total. The van der Waals surface area contributed by atoms with Crippen molar-refractivity contribution >= 4 is 5.97 Å². The molecule has 0 aromatic heterocycles. The van der Waals surface area contributed by atoms with E-state index in [1.54, 1.807) is 31.2 Å². The third-order valence-electron chi connectivity index (χ3n) is 3.15. The van der Waals surface area contributed by atoms with Crippen molar-refractivity contribution in [1.29, 1.82) is 0 Å². The zero-order valence-corrected chi connectivity index (χ0v) is 11.3. The Balaban J connectivity index is 2.06. The maximum atomic E-state index is 13.4. The second kappa shape index (κ2) is 6.35. The molecule has 0 bridgehead atoms. The minimum absolute atomic E-state index is 0.000411. The van der Waals surface area contributed by atoms with E-state index in [4.69, 9.17) is 9.84 Å². The number of aliphatic carboxylic acids is 1. The predicted octanol–water partition coefficient (Wildman–Crippen LogP) is 3.73. The first-order valence-electron chi connectivity index (χ1n) is 6.37. The van der Waals surface area contributed by atoms with E-state index in [1.165, 1.54) is 6.07 Å². The summed E-state index contributed by atoms with van der Waals surface area (Å²) in [5.41, 5.74) is 1.35. The van der Waals surface area contributed by atoms with Crippen molar-refractivity contribution in [2.45, 2.75) is 19.4 Å². The molecule has 0 saturated heterocycles. The maximum absolute atomic E-state index is 13.4. The normalized spacial score (nSPS) is 12.0. The van der Waals surface area contributed by atoms with Crippen LogP contribution in [0.5, 0.6) is 5.75 Å². The first-order valence-corrected chi connectivity index (χ1v) is 6.37. The van der Waals surface area contributed by atoms with E-state index in [2.05, 4.69) is 0 Å². The lowest BCUT2D eigenvalue weighted by Gasteiger charge is -2.10. The minimum atomic E-state index is -0.910. The quantitative estimate of drug-likeness (QED) is 0.913. The van der Waals surface area contributed by atoms with Crippen LogP contribution in [0.15, 0.2) is 42.5 Å². The molecular weight excluding hydrogens is 278 g/mol. The third kappa shape index (κ3) is 3.56. The number of hydrogen-bond donors (Lipinski definition) is 1. The molecular formula is C16H14F2O3. The summed E-state index contributed by atoms with van der Waals surface area (Å²) >= 11 is 0. The van der Waals surface area contributed by atoms with E-state index in [0.717, 1.165) is 12.1 Å². The predicted molar refractivity (Wildman–Crippen MR) is 73.2 cm³/mol. The highest BCUT2D eigenvalue weighted by atomic mass is 19.1. The molecule has 0 aliphatic heterocycles. The molecule has 5 heteroatoms. The van der Waals surface area contributed by atoms with Gasteiger partial charge in [0.25, 0.3) is 0 Å². The van der Waals surface area contributed by atoms with Gasteiger partial charge in [0.2, 0.25) is 0 Å². The van der Waals surface area contributed by atoms with Crippen LogP contribution in [0.4, 0.5) is 8.78 Å².